The quantitative estimate of drug-likeness (QED) is 0.677. The number of carbonyl (C=O) groups is 1. The van der Waals surface area contributed by atoms with E-state index >= 15 is 0 Å². The molecule has 0 unspecified atom stereocenters. The SMILES string of the molecule is CC(=O)c1ccc(Cc2ccn3c(=O)n(C)nc3c2)nc1. The standard InChI is InChI=1S/C15H14N4O2/c1-10(20)12-3-4-13(16-9-12)7-11-5-6-19-14(8-11)17-18(2)15(19)21/h3-6,8-9H,7H2,1-2H3. The minimum absolute atomic E-state index is 0.00308. The molecule has 0 aromatic carbocycles. The first-order valence-electron chi connectivity index (χ1n) is 6.55. The van der Waals surface area contributed by atoms with Gasteiger partial charge in [0.25, 0.3) is 0 Å². The summed E-state index contributed by atoms with van der Waals surface area (Å²) < 4.78 is 2.80. The largest absolute Gasteiger partial charge is 0.350 e. The summed E-state index contributed by atoms with van der Waals surface area (Å²) in [5.41, 5.74) is 2.92. The van der Waals surface area contributed by atoms with E-state index in [-0.39, 0.29) is 11.5 Å². The van der Waals surface area contributed by atoms with Gasteiger partial charge in [-0.3, -0.25) is 14.2 Å². The van der Waals surface area contributed by atoms with Crippen molar-refractivity contribution >= 4 is 11.4 Å². The van der Waals surface area contributed by atoms with Crippen molar-refractivity contribution in [1.29, 1.82) is 0 Å². The van der Waals surface area contributed by atoms with E-state index in [4.69, 9.17) is 0 Å². The predicted molar refractivity (Wildman–Crippen MR) is 77.5 cm³/mol. The fourth-order valence-electron chi connectivity index (χ4n) is 2.18. The molecule has 0 amide bonds. The van der Waals surface area contributed by atoms with E-state index in [1.165, 1.54) is 16.0 Å². The second-order valence-electron chi connectivity index (χ2n) is 4.94. The lowest BCUT2D eigenvalue weighted by atomic mass is 10.1. The van der Waals surface area contributed by atoms with Gasteiger partial charge in [0.05, 0.1) is 0 Å². The molecule has 0 bridgehead atoms. The summed E-state index contributed by atoms with van der Waals surface area (Å²) in [6.07, 6.45) is 3.92. The molecule has 106 valence electrons. The van der Waals surface area contributed by atoms with Gasteiger partial charge in [-0.25, -0.2) is 9.48 Å². The monoisotopic (exact) mass is 282 g/mol. The second kappa shape index (κ2) is 4.97. The average molecular weight is 282 g/mol. The topological polar surface area (TPSA) is 69.3 Å². The van der Waals surface area contributed by atoms with Crippen LogP contribution in [0.4, 0.5) is 0 Å². The third kappa shape index (κ3) is 2.47. The van der Waals surface area contributed by atoms with Crippen LogP contribution < -0.4 is 5.69 Å². The van der Waals surface area contributed by atoms with Crippen LogP contribution in [0.2, 0.25) is 0 Å². The highest BCUT2D eigenvalue weighted by atomic mass is 16.2. The maximum absolute atomic E-state index is 11.7. The highest BCUT2D eigenvalue weighted by Crippen LogP contribution is 2.10. The molecule has 3 rings (SSSR count). The van der Waals surface area contributed by atoms with Gasteiger partial charge < -0.3 is 0 Å². The minimum atomic E-state index is -0.166. The van der Waals surface area contributed by atoms with Gasteiger partial charge in [0.2, 0.25) is 0 Å². The predicted octanol–water partition coefficient (Wildman–Crippen LogP) is 1.22. The fraction of sp³-hybridized carbons (Fsp3) is 0.200. The van der Waals surface area contributed by atoms with Crippen LogP contribution in [0, 0.1) is 0 Å². The molecule has 3 aromatic heterocycles. The molecule has 6 heteroatoms. The molecule has 0 aliphatic rings. The molecule has 6 nitrogen and oxygen atoms in total. The summed E-state index contributed by atoms with van der Waals surface area (Å²) >= 11 is 0. The number of aromatic nitrogens is 4. The second-order valence-corrected chi connectivity index (χ2v) is 4.94. The van der Waals surface area contributed by atoms with Gasteiger partial charge in [0.1, 0.15) is 0 Å². The molecule has 0 aliphatic carbocycles. The number of Topliss-reactive ketones (excluding diaryl/α,β-unsaturated/α-hetero) is 1. The van der Waals surface area contributed by atoms with Crippen LogP contribution in [-0.4, -0.2) is 24.9 Å². The molecular weight excluding hydrogens is 268 g/mol. The maximum Gasteiger partial charge on any atom is 0.350 e. The van der Waals surface area contributed by atoms with E-state index in [1.807, 2.05) is 18.2 Å². The van der Waals surface area contributed by atoms with Crippen molar-refractivity contribution in [3.05, 3.63) is 64.0 Å². The summed E-state index contributed by atoms with van der Waals surface area (Å²) in [6, 6.07) is 7.35. The molecule has 21 heavy (non-hydrogen) atoms. The Hall–Kier alpha value is -2.76. The van der Waals surface area contributed by atoms with E-state index in [9.17, 15) is 9.59 Å². The normalized spacial score (nSPS) is 11.0. The highest BCUT2D eigenvalue weighted by molar-refractivity contribution is 5.93. The highest BCUT2D eigenvalue weighted by Gasteiger charge is 2.06. The van der Waals surface area contributed by atoms with Gasteiger partial charge >= 0.3 is 5.69 Å². The molecular formula is C15H14N4O2. The van der Waals surface area contributed by atoms with Crippen LogP contribution in [-0.2, 0) is 13.5 Å². The lowest BCUT2D eigenvalue weighted by molar-refractivity contribution is 0.101. The smallest absolute Gasteiger partial charge is 0.294 e. The van der Waals surface area contributed by atoms with Gasteiger partial charge in [-0.05, 0) is 36.8 Å². The first-order chi connectivity index (χ1) is 10.0. The van der Waals surface area contributed by atoms with Gasteiger partial charge in [0.15, 0.2) is 11.4 Å². The zero-order chi connectivity index (χ0) is 15.0. The third-order valence-corrected chi connectivity index (χ3v) is 3.35. The summed E-state index contributed by atoms with van der Waals surface area (Å²) in [5.74, 6) is 0.00308. The zero-order valence-corrected chi connectivity index (χ0v) is 11.8. The van der Waals surface area contributed by atoms with Crippen molar-refractivity contribution in [2.75, 3.05) is 0 Å². The zero-order valence-electron chi connectivity index (χ0n) is 11.8. The van der Waals surface area contributed by atoms with Gasteiger partial charge in [-0.15, -0.1) is 0 Å². The van der Waals surface area contributed by atoms with E-state index in [1.54, 1.807) is 25.5 Å². The minimum Gasteiger partial charge on any atom is -0.294 e. The molecule has 3 aromatic rings. The van der Waals surface area contributed by atoms with Gasteiger partial charge in [-0.2, -0.15) is 5.10 Å². The molecule has 0 atom stereocenters. The average Bonchev–Trinajstić information content (AvgIpc) is 2.74. The molecule has 0 radical (unpaired) electrons. The van der Waals surface area contributed by atoms with Crippen LogP contribution in [0.1, 0.15) is 28.5 Å². The molecule has 0 N–H and O–H groups in total. The number of nitrogens with zero attached hydrogens (tertiary/aromatic N) is 4. The third-order valence-electron chi connectivity index (χ3n) is 3.35. The van der Waals surface area contributed by atoms with Crippen LogP contribution in [0.3, 0.4) is 0 Å². The molecule has 0 aliphatic heterocycles. The summed E-state index contributed by atoms with van der Waals surface area (Å²) in [7, 11) is 1.62. The van der Waals surface area contributed by atoms with Crippen LogP contribution >= 0.6 is 0 Å². The number of carbonyl (C=O) groups excluding carboxylic acids is 1. The first kappa shape index (κ1) is 13.2. The molecule has 0 saturated carbocycles. The Bertz CT molecular complexity index is 875. The van der Waals surface area contributed by atoms with Crippen molar-refractivity contribution in [1.82, 2.24) is 19.2 Å². The Morgan fingerprint density at radius 1 is 1.29 bits per heavy atom. The van der Waals surface area contributed by atoms with E-state index in [0.717, 1.165) is 11.3 Å². The summed E-state index contributed by atoms with van der Waals surface area (Å²) in [6.45, 7) is 1.52. The lowest BCUT2D eigenvalue weighted by Crippen LogP contribution is -2.17. The Morgan fingerprint density at radius 3 is 2.76 bits per heavy atom. The van der Waals surface area contributed by atoms with Gasteiger partial charge in [0, 0.05) is 37.1 Å². The Labute approximate surface area is 120 Å². The van der Waals surface area contributed by atoms with Crippen LogP contribution in [0.25, 0.3) is 5.65 Å². The molecule has 0 saturated heterocycles. The number of fused-ring (bicyclic) bond motifs is 1. The maximum atomic E-state index is 11.7. The number of hydrogen-bond acceptors (Lipinski definition) is 4. The van der Waals surface area contributed by atoms with E-state index in [0.29, 0.717) is 17.6 Å². The number of hydrogen-bond donors (Lipinski definition) is 0. The number of aryl methyl sites for hydroxylation is 1. The Balaban J connectivity index is 1.90. The van der Waals surface area contributed by atoms with Crippen molar-refractivity contribution in [3.8, 4) is 0 Å². The van der Waals surface area contributed by atoms with Gasteiger partial charge in [-0.1, -0.05) is 0 Å². The number of rotatable bonds is 3. The number of pyridine rings is 2. The Morgan fingerprint density at radius 2 is 2.10 bits per heavy atom. The molecule has 0 spiro atoms. The van der Waals surface area contributed by atoms with Crippen LogP contribution in [0.5, 0.6) is 0 Å². The van der Waals surface area contributed by atoms with Crippen molar-refractivity contribution < 1.29 is 4.79 Å². The summed E-state index contributed by atoms with van der Waals surface area (Å²) in [4.78, 5) is 27.2. The van der Waals surface area contributed by atoms with Crippen LogP contribution in [0.15, 0.2) is 41.5 Å². The lowest BCUT2D eigenvalue weighted by Gasteiger charge is -2.02. The first-order valence-corrected chi connectivity index (χ1v) is 6.55. The fourth-order valence-corrected chi connectivity index (χ4v) is 2.18. The van der Waals surface area contributed by atoms with E-state index in [2.05, 4.69) is 10.1 Å². The Kier molecular flexibility index (Phi) is 3.13. The summed E-state index contributed by atoms with van der Waals surface area (Å²) in [5, 5.41) is 4.15. The van der Waals surface area contributed by atoms with E-state index < -0.39 is 0 Å². The molecule has 3 heterocycles. The van der Waals surface area contributed by atoms with Crippen molar-refractivity contribution in [2.24, 2.45) is 7.05 Å². The molecule has 0 fully saturated rings. The van der Waals surface area contributed by atoms with Crippen molar-refractivity contribution in [2.45, 2.75) is 13.3 Å². The van der Waals surface area contributed by atoms with Crippen molar-refractivity contribution in [3.63, 3.8) is 0 Å². The number of ketones is 1.